The summed E-state index contributed by atoms with van der Waals surface area (Å²) in [5.74, 6) is -0.930. The topological polar surface area (TPSA) is 88.0 Å². The van der Waals surface area contributed by atoms with E-state index in [1.807, 2.05) is 13.8 Å². The molecule has 0 saturated carbocycles. The average Bonchev–Trinajstić information content (AvgIpc) is 3.38. The van der Waals surface area contributed by atoms with E-state index < -0.39 is 17.8 Å². The summed E-state index contributed by atoms with van der Waals surface area (Å²) >= 11 is 0. The van der Waals surface area contributed by atoms with Crippen LogP contribution >= 0.6 is 0 Å². The number of benzene rings is 2. The van der Waals surface area contributed by atoms with E-state index in [-0.39, 0.29) is 59.4 Å². The van der Waals surface area contributed by atoms with E-state index in [9.17, 15) is 27.6 Å². The van der Waals surface area contributed by atoms with Crippen LogP contribution in [0.2, 0.25) is 0 Å². The number of hydrogen-bond acceptors (Lipinski definition) is 5. The van der Waals surface area contributed by atoms with Crippen LogP contribution in [0.3, 0.4) is 0 Å². The molecular weight excluding hydrogens is 563 g/mol. The van der Waals surface area contributed by atoms with Gasteiger partial charge in [0.15, 0.2) is 5.69 Å². The number of piperidine rings is 1. The smallest absolute Gasteiger partial charge is 0.435 e. The molecule has 0 spiro atoms. The molecule has 2 unspecified atom stereocenters. The minimum Gasteiger partial charge on any atom is -0.497 e. The van der Waals surface area contributed by atoms with Crippen LogP contribution in [0.15, 0.2) is 42.5 Å². The number of carbonyl (C=O) groups excluding carboxylic acids is 3. The number of anilines is 1. The van der Waals surface area contributed by atoms with Gasteiger partial charge in [-0.2, -0.15) is 18.3 Å². The number of nitrogens with zero attached hydrogens (tertiary/aromatic N) is 5. The highest BCUT2D eigenvalue weighted by atomic mass is 19.4. The SMILES string of the molecule is COc1ccc(-n2nc(C(F)(F)F)c3c2C(=O)N(c2ccc(C(=O)N(C)C)cc2)CC3)c(C(=O)N2C(C)CCCC2C)c1. The number of methoxy groups -OCH3 is 1. The van der Waals surface area contributed by atoms with Crippen LogP contribution in [-0.2, 0) is 12.6 Å². The van der Waals surface area contributed by atoms with Gasteiger partial charge in [0.25, 0.3) is 17.7 Å². The Bertz CT molecular complexity index is 1550. The summed E-state index contributed by atoms with van der Waals surface area (Å²) in [6, 6.07) is 10.6. The predicted molar refractivity (Wildman–Crippen MR) is 154 cm³/mol. The zero-order valence-electron chi connectivity index (χ0n) is 24.7. The van der Waals surface area contributed by atoms with Crippen molar-refractivity contribution < 1.29 is 32.3 Å². The van der Waals surface area contributed by atoms with Gasteiger partial charge < -0.3 is 19.4 Å². The molecule has 43 heavy (non-hydrogen) atoms. The molecule has 0 radical (unpaired) electrons. The Morgan fingerprint density at radius 3 is 2.26 bits per heavy atom. The van der Waals surface area contributed by atoms with Gasteiger partial charge in [-0.05, 0) is 82.0 Å². The first kappa shape index (κ1) is 30.1. The minimum atomic E-state index is -4.82. The van der Waals surface area contributed by atoms with Crippen molar-refractivity contribution in [3.05, 3.63) is 70.5 Å². The van der Waals surface area contributed by atoms with Gasteiger partial charge in [0.05, 0.1) is 18.4 Å². The number of halogens is 3. The number of ether oxygens (including phenoxy) is 1. The van der Waals surface area contributed by atoms with Crippen molar-refractivity contribution in [2.75, 3.05) is 32.6 Å². The number of aromatic nitrogens is 2. The monoisotopic (exact) mass is 597 g/mol. The third-order valence-electron chi connectivity index (χ3n) is 8.21. The molecular formula is C31H34F3N5O4. The lowest BCUT2D eigenvalue weighted by atomic mass is 9.96. The maximum absolute atomic E-state index is 14.3. The summed E-state index contributed by atoms with van der Waals surface area (Å²) in [5, 5.41) is 3.93. The Kier molecular flexibility index (Phi) is 7.97. The van der Waals surface area contributed by atoms with Crippen molar-refractivity contribution in [2.45, 2.75) is 57.8 Å². The van der Waals surface area contributed by atoms with E-state index in [1.54, 1.807) is 43.3 Å². The number of alkyl halides is 3. The second-order valence-corrected chi connectivity index (χ2v) is 11.3. The fraction of sp³-hybridized carbons (Fsp3) is 0.419. The Hall–Kier alpha value is -4.35. The van der Waals surface area contributed by atoms with Gasteiger partial charge in [-0.1, -0.05) is 0 Å². The number of carbonyl (C=O) groups is 3. The fourth-order valence-corrected chi connectivity index (χ4v) is 6.01. The second kappa shape index (κ2) is 11.4. The lowest BCUT2D eigenvalue weighted by Gasteiger charge is -2.39. The molecule has 12 heteroatoms. The minimum absolute atomic E-state index is 0.0151. The Morgan fingerprint density at radius 2 is 1.67 bits per heavy atom. The highest BCUT2D eigenvalue weighted by Gasteiger charge is 2.44. The van der Waals surface area contributed by atoms with Crippen LogP contribution < -0.4 is 9.64 Å². The number of amides is 3. The normalized spacial score (nSPS) is 18.8. The molecule has 1 fully saturated rings. The summed E-state index contributed by atoms with van der Waals surface area (Å²) in [7, 11) is 4.68. The highest BCUT2D eigenvalue weighted by molar-refractivity contribution is 6.08. The molecule has 228 valence electrons. The average molecular weight is 598 g/mol. The van der Waals surface area contributed by atoms with Gasteiger partial charge >= 0.3 is 6.18 Å². The van der Waals surface area contributed by atoms with E-state index in [2.05, 4.69) is 5.10 Å². The van der Waals surface area contributed by atoms with Crippen LogP contribution in [0.5, 0.6) is 5.75 Å². The lowest BCUT2D eigenvalue weighted by molar-refractivity contribution is -0.141. The van der Waals surface area contributed by atoms with Crippen molar-refractivity contribution in [2.24, 2.45) is 0 Å². The zero-order chi connectivity index (χ0) is 31.2. The number of rotatable bonds is 5. The van der Waals surface area contributed by atoms with Crippen molar-refractivity contribution in [3.8, 4) is 11.4 Å². The largest absolute Gasteiger partial charge is 0.497 e. The van der Waals surface area contributed by atoms with Gasteiger partial charge in [-0.15, -0.1) is 0 Å². The second-order valence-electron chi connectivity index (χ2n) is 11.3. The molecule has 3 amide bonds. The molecule has 2 aliphatic heterocycles. The Labute approximate surface area is 247 Å². The molecule has 5 rings (SSSR count). The lowest BCUT2D eigenvalue weighted by Crippen LogP contribution is -2.47. The molecule has 1 aromatic heterocycles. The van der Waals surface area contributed by atoms with Crippen molar-refractivity contribution in [1.82, 2.24) is 19.6 Å². The van der Waals surface area contributed by atoms with Crippen LogP contribution in [0, 0.1) is 0 Å². The standard InChI is InChI=1S/C31H34F3N5O4/c1-18-7-6-8-19(2)38(18)29(41)24-17-22(43-5)13-14-25(24)39-26-23(27(35-39)31(32,33)34)15-16-37(30(26)42)21-11-9-20(10-12-21)28(40)36(3)4/h9-14,17-19H,6-8,15-16H2,1-5H3. The first-order valence-electron chi connectivity index (χ1n) is 14.2. The number of fused-ring (bicyclic) bond motifs is 1. The maximum Gasteiger partial charge on any atom is 0.435 e. The van der Waals surface area contributed by atoms with Crippen molar-refractivity contribution in [1.29, 1.82) is 0 Å². The summed E-state index contributed by atoms with van der Waals surface area (Å²) in [4.78, 5) is 44.9. The van der Waals surface area contributed by atoms with E-state index >= 15 is 0 Å². The van der Waals surface area contributed by atoms with E-state index in [4.69, 9.17) is 4.74 Å². The number of likely N-dealkylation sites (tertiary alicyclic amines) is 1. The van der Waals surface area contributed by atoms with E-state index in [0.717, 1.165) is 23.9 Å². The zero-order valence-corrected chi connectivity index (χ0v) is 24.7. The summed E-state index contributed by atoms with van der Waals surface area (Å²) in [6.07, 6.45) is -2.35. The molecule has 3 heterocycles. The van der Waals surface area contributed by atoms with Crippen molar-refractivity contribution >= 4 is 23.4 Å². The first-order chi connectivity index (χ1) is 20.3. The third kappa shape index (κ3) is 5.46. The molecule has 1 saturated heterocycles. The van der Waals surface area contributed by atoms with Gasteiger partial charge in [-0.3, -0.25) is 14.4 Å². The van der Waals surface area contributed by atoms with Gasteiger partial charge in [0.1, 0.15) is 11.4 Å². The Balaban J connectivity index is 1.64. The highest BCUT2D eigenvalue weighted by Crippen LogP contribution is 2.38. The molecule has 0 N–H and O–H groups in total. The summed E-state index contributed by atoms with van der Waals surface area (Å²) in [5.41, 5.74) is -0.648. The number of hydrogen-bond donors (Lipinski definition) is 0. The summed E-state index contributed by atoms with van der Waals surface area (Å²) in [6.45, 7) is 3.88. The van der Waals surface area contributed by atoms with Crippen molar-refractivity contribution in [3.63, 3.8) is 0 Å². The summed E-state index contributed by atoms with van der Waals surface area (Å²) < 4.78 is 49.2. The maximum atomic E-state index is 14.3. The molecule has 9 nitrogen and oxygen atoms in total. The van der Waals surface area contributed by atoms with Crippen LogP contribution in [0.1, 0.15) is 75.6 Å². The van der Waals surface area contributed by atoms with Crippen LogP contribution in [0.25, 0.3) is 5.69 Å². The molecule has 2 atom stereocenters. The fourth-order valence-electron chi connectivity index (χ4n) is 6.01. The molecule has 3 aromatic rings. The first-order valence-corrected chi connectivity index (χ1v) is 14.2. The van der Waals surface area contributed by atoms with E-state index in [1.165, 1.54) is 35.1 Å². The van der Waals surface area contributed by atoms with Gasteiger partial charge in [0.2, 0.25) is 0 Å². The predicted octanol–water partition coefficient (Wildman–Crippen LogP) is 5.21. The molecule has 0 aliphatic carbocycles. The molecule has 0 bridgehead atoms. The van der Waals surface area contributed by atoms with Crippen LogP contribution in [0.4, 0.5) is 18.9 Å². The van der Waals surface area contributed by atoms with Gasteiger partial charge in [0, 0.05) is 49.5 Å². The van der Waals surface area contributed by atoms with Crippen LogP contribution in [-0.4, -0.2) is 77.1 Å². The third-order valence-corrected chi connectivity index (χ3v) is 8.21. The van der Waals surface area contributed by atoms with E-state index in [0.29, 0.717) is 17.0 Å². The van der Waals surface area contributed by atoms with Gasteiger partial charge in [-0.25, -0.2) is 4.68 Å². The molecule has 2 aliphatic rings. The quantitative estimate of drug-likeness (QED) is 0.403. The molecule has 2 aromatic carbocycles. The Morgan fingerprint density at radius 1 is 1.02 bits per heavy atom.